The van der Waals surface area contributed by atoms with E-state index in [9.17, 15) is 13.6 Å². The lowest BCUT2D eigenvalue weighted by atomic mass is 10.3. The van der Waals surface area contributed by atoms with Gasteiger partial charge in [-0.25, -0.2) is 13.8 Å². The summed E-state index contributed by atoms with van der Waals surface area (Å²) >= 11 is 0. The molecule has 1 heterocycles. The number of amides is 1. The summed E-state index contributed by atoms with van der Waals surface area (Å²) < 4.78 is 30.7. The van der Waals surface area contributed by atoms with Gasteiger partial charge in [-0.3, -0.25) is 4.79 Å². The van der Waals surface area contributed by atoms with Gasteiger partial charge >= 0.3 is 0 Å². The van der Waals surface area contributed by atoms with Gasteiger partial charge in [-0.2, -0.15) is 0 Å². The highest BCUT2D eigenvalue weighted by atomic mass is 19.2. The van der Waals surface area contributed by atoms with E-state index in [1.54, 1.807) is 18.2 Å². The number of anilines is 1. The van der Waals surface area contributed by atoms with Crippen molar-refractivity contribution >= 4 is 11.6 Å². The van der Waals surface area contributed by atoms with Crippen molar-refractivity contribution in [1.29, 1.82) is 0 Å². The van der Waals surface area contributed by atoms with Crippen molar-refractivity contribution < 1.29 is 18.3 Å². The third-order valence-electron chi connectivity index (χ3n) is 2.19. The van der Waals surface area contributed by atoms with Gasteiger partial charge in [0.05, 0.1) is 0 Å². The van der Waals surface area contributed by atoms with Crippen LogP contribution in [0.3, 0.4) is 0 Å². The van der Waals surface area contributed by atoms with Crippen LogP contribution in [0.5, 0.6) is 5.88 Å². The van der Waals surface area contributed by atoms with E-state index in [1.165, 1.54) is 12.3 Å². The fourth-order valence-corrected chi connectivity index (χ4v) is 1.34. The van der Waals surface area contributed by atoms with Gasteiger partial charge in [0.2, 0.25) is 5.88 Å². The molecule has 0 radical (unpaired) electrons. The summed E-state index contributed by atoms with van der Waals surface area (Å²) in [6, 6.07) is 8.13. The molecule has 6 heteroatoms. The largest absolute Gasteiger partial charge is 0.468 e. The van der Waals surface area contributed by atoms with Crippen LogP contribution >= 0.6 is 0 Å². The predicted octanol–water partition coefficient (Wildman–Crippen LogP) is 2.38. The average Bonchev–Trinajstić information content (AvgIpc) is 2.42. The standard InChI is InChI=1S/C13H10F2N2O2/c14-10-5-4-9(7-11(10)15)17-12(18)8-19-13-3-1-2-6-16-13/h1-7H,8H2,(H,17,18). The second-order valence-electron chi connectivity index (χ2n) is 3.63. The van der Waals surface area contributed by atoms with Crippen LogP contribution in [-0.4, -0.2) is 17.5 Å². The Kier molecular flexibility index (Phi) is 4.02. The van der Waals surface area contributed by atoms with Gasteiger partial charge < -0.3 is 10.1 Å². The lowest BCUT2D eigenvalue weighted by Crippen LogP contribution is -2.20. The van der Waals surface area contributed by atoms with Crippen molar-refractivity contribution in [1.82, 2.24) is 4.98 Å². The molecule has 1 aromatic carbocycles. The lowest BCUT2D eigenvalue weighted by molar-refractivity contribution is -0.118. The highest BCUT2D eigenvalue weighted by Gasteiger charge is 2.07. The highest BCUT2D eigenvalue weighted by Crippen LogP contribution is 2.13. The number of aromatic nitrogens is 1. The Morgan fingerprint density at radius 3 is 2.74 bits per heavy atom. The van der Waals surface area contributed by atoms with Crippen molar-refractivity contribution in [3.63, 3.8) is 0 Å². The average molecular weight is 264 g/mol. The van der Waals surface area contributed by atoms with Crippen LogP contribution in [0.4, 0.5) is 14.5 Å². The summed E-state index contributed by atoms with van der Waals surface area (Å²) in [5.74, 6) is -2.18. The summed E-state index contributed by atoms with van der Waals surface area (Å²) in [6.45, 7) is -0.268. The maximum Gasteiger partial charge on any atom is 0.262 e. The van der Waals surface area contributed by atoms with Crippen LogP contribution in [-0.2, 0) is 4.79 Å². The summed E-state index contributed by atoms with van der Waals surface area (Å²) in [6.07, 6.45) is 1.53. The van der Waals surface area contributed by atoms with Crippen LogP contribution in [0.25, 0.3) is 0 Å². The van der Waals surface area contributed by atoms with E-state index >= 15 is 0 Å². The molecule has 2 rings (SSSR count). The molecule has 1 aromatic heterocycles. The fourth-order valence-electron chi connectivity index (χ4n) is 1.34. The zero-order chi connectivity index (χ0) is 13.7. The SMILES string of the molecule is O=C(COc1ccccn1)Nc1ccc(F)c(F)c1. The van der Waals surface area contributed by atoms with Gasteiger partial charge in [0.1, 0.15) is 0 Å². The predicted molar refractivity (Wildman–Crippen MR) is 64.7 cm³/mol. The molecular weight excluding hydrogens is 254 g/mol. The Morgan fingerprint density at radius 1 is 1.21 bits per heavy atom. The number of pyridine rings is 1. The molecule has 0 saturated carbocycles. The number of carbonyl (C=O) groups is 1. The quantitative estimate of drug-likeness (QED) is 0.922. The number of nitrogens with one attached hydrogen (secondary N) is 1. The van der Waals surface area contributed by atoms with Crippen molar-refractivity contribution in [3.05, 3.63) is 54.2 Å². The number of halogens is 2. The Labute approximate surface area is 108 Å². The molecule has 0 fully saturated rings. The number of hydrogen-bond acceptors (Lipinski definition) is 3. The molecular formula is C13H10F2N2O2. The van der Waals surface area contributed by atoms with Gasteiger partial charge in [0.15, 0.2) is 18.2 Å². The number of ether oxygens (including phenoxy) is 1. The first-order valence-electron chi connectivity index (χ1n) is 5.44. The topological polar surface area (TPSA) is 51.2 Å². The third kappa shape index (κ3) is 3.74. The van der Waals surface area contributed by atoms with Gasteiger partial charge in [-0.15, -0.1) is 0 Å². The molecule has 0 aliphatic heterocycles. The van der Waals surface area contributed by atoms with Gasteiger partial charge in [-0.05, 0) is 18.2 Å². The fraction of sp³-hybridized carbons (Fsp3) is 0.0769. The summed E-state index contributed by atoms with van der Waals surface area (Å²) in [5.41, 5.74) is 0.161. The van der Waals surface area contributed by atoms with Crippen LogP contribution in [0.1, 0.15) is 0 Å². The minimum absolute atomic E-state index is 0.161. The smallest absolute Gasteiger partial charge is 0.262 e. The minimum Gasteiger partial charge on any atom is -0.468 e. The number of rotatable bonds is 4. The van der Waals surface area contributed by atoms with Crippen molar-refractivity contribution in [2.75, 3.05) is 11.9 Å². The molecule has 98 valence electrons. The molecule has 0 unspecified atom stereocenters. The summed E-state index contributed by atoms with van der Waals surface area (Å²) in [5, 5.41) is 2.38. The first-order valence-corrected chi connectivity index (χ1v) is 5.44. The first-order chi connectivity index (χ1) is 9.15. The molecule has 4 nitrogen and oxygen atoms in total. The Hall–Kier alpha value is -2.50. The number of hydrogen-bond donors (Lipinski definition) is 1. The normalized spacial score (nSPS) is 10.0. The zero-order valence-electron chi connectivity index (χ0n) is 9.77. The zero-order valence-corrected chi connectivity index (χ0v) is 9.77. The van der Waals surface area contributed by atoms with Gasteiger partial charge in [-0.1, -0.05) is 6.07 Å². The second kappa shape index (κ2) is 5.90. The Balaban J connectivity index is 1.89. The van der Waals surface area contributed by atoms with Crippen molar-refractivity contribution in [2.24, 2.45) is 0 Å². The molecule has 0 saturated heterocycles. The molecule has 0 aliphatic rings. The molecule has 0 aliphatic carbocycles. The van der Waals surface area contributed by atoms with Crippen molar-refractivity contribution in [2.45, 2.75) is 0 Å². The van der Waals surface area contributed by atoms with E-state index < -0.39 is 17.5 Å². The van der Waals surface area contributed by atoms with Gasteiger partial charge in [0, 0.05) is 24.0 Å². The maximum absolute atomic E-state index is 12.9. The summed E-state index contributed by atoms with van der Waals surface area (Å²) in [7, 11) is 0. The van der Waals surface area contributed by atoms with E-state index in [1.807, 2.05) is 0 Å². The van der Waals surface area contributed by atoms with Crippen LogP contribution in [0.2, 0.25) is 0 Å². The minimum atomic E-state index is -1.02. The molecule has 0 spiro atoms. The van der Waals surface area contributed by atoms with Crippen molar-refractivity contribution in [3.8, 4) is 5.88 Å². The number of nitrogens with zero attached hydrogens (tertiary/aromatic N) is 1. The van der Waals surface area contributed by atoms with Gasteiger partial charge in [0.25, 0.3) is 5.91 Å². The van der Waals surface area contributed by atoms with E-state index in [0.29, 0.717) is 5.88 Å². The molecule has 19 heavy (non-hydrogen) atoms. The highest BCUT2D eigenvalue weighted by molar-refractivity contribution is 5.91. The van der Waals surface area contributed by atoms with E-state index in [-0.39, 0.29) is 12.3 Å². The Bertz CT molecular complexity index is 576. The van der Waals surface area contributed by atoms with Crippen LogP contribution < -0.4 is 10.1 Å². The molecule has 1 N–H and O–H groups in total. The van der Waals surface area contributed by atoms with E-state index in [0.717, 1.165) is 12.1 Å². The second-order valence-corrected chi connectivity index (χ2v) is 3.63. The number of carbonyl (C=O) groups excluding carboxylic acids is 1. The molecule has 1 amide bonds. The molecule has 0 bridgehead atoms. The maximum atomic E-state index is 12.9. The lowest BCUT2D eigenvalue weighted by Gasteiger charge is -2.06. The first kappa shape index (κ1) is 12.9. The number of benzene rings is 1. The van der Waals surface area contributed by atoms with E-state index in [2.05, 4.69) is 10.3 Å². The third-order valence-corrected chi connectivity index (χ3v) is 2.19. The summed E-state index contributed by atoms with van der Waals surface area (Å²) in [4.78, 5) is 15.4. The van der Waals surface area contributed by atoms with Crippen LogP contribution in [0.15, 0.2) is 42.6 Å². The molecule has 2 aromatic rings. The Morgan fingerprint density at radius 2 is 2.05 bits per heavy atom. The molecule has 0 atom stereocenters. The van der Waals surface area contributed by atoms with Crippen LogP contribution in [0, 0.1) is 11.6 Å². The van der Waals surface area contributed by atoms with E-state index in [4.69, 9.17) is 4.74 Å². The monoisotopic (exact) mass is 264 g/mol.